The first-order valence-electron chi connectivity index (χ1n) is 6.95. The molecule has 0 spiro atoms. The average molecular weight is 281 g/mol. The van der Waals surface area contributed by atoms with E-state index in [4.69, 9.17) is 11.6 Å². The molecule has 1 saturated carbocycles. The van der Waals surface area contributed by atoms with Gasteiger partial charge in [-0.25, -0.2) is 9.37 Å². The first-order chi connectivity index (χ1) is 9.15. The lowest BCUT2D eigenvalue weighted by atomic mass is 10.1. The van der Waals surface area contributed by atoms with Crippen LogP contribution in [0.15, 0.2) is 18.2 Å². The number of benzene rings is 1. The number of nitrogens with zero attached hydrogens (tertiary/aromatic N) is 2. The smallest absolute Gasteiger partial charge is 0.127 e. The summed E-state index contributed by atoms with van der Waals surface area (Å²) in [6.07, 6.45) is 5.12. The molecule has 1 atom stereocenters. The van der Waals surface area contributed by atoms with Crippen molar-refractivity contribution in [1.82, 2.24) is 9.55 Å². The Labute approximate surface area is 117 Å². The highest BCUT2D eigenvalue weighted by Crippen LogP contribution is 2.31. The van der Waals surface area contributed by atoms with Crippen LogP contribution in [0.4, 0.5) is 4.39 Å². The minimum atomic E-state index is -0.214. The molecule has 0 amide bonds. The third-order valence-electron chi connectivity index (χ3n) is 4.01. The molecule has 102 valence electrons. The number of aromatic nitrogens is 2. The molecule has 0 aliphatic heterocycles. The van der Waals surface area contributed by atoms with Gasteiger partial charge in [0.25, 0.3) is 0 Å². The normalized spacial score (nSPS) is 18.3. The fourth-order valence-corrected chi connectivity index (χ4v) is 3.23. The Hall–Kier alpha value is -1.09. The van der Waals surface area contributed by atoms with Crippen LogP contribution in [0.5, 0.6) is 0 Å². The van der Waals surface area contributed by atoms with Crippen molar-refractivity contribution in [2.24, 2.45) is 5.92 Å². The zero-order valence-corrected chi connectivity index (χ0v) is 11.8. The van der Waals surface area contributed by atoms with Crippen LogP contribution in [0.25, 0.3) is 11.0 Å². The second kappa shape index (κ2) is 5.12. The van der Waals surface area contributed by atoms with E-state index >= 15 is 0 Å². The minimum Gasteiger partial charge on any atom is -0.326 e. The van der Waals surface area contributed by atoms with Crippen LogP contribution < -0.4 is 0 Å². The molecule has 3 rings (SSSR count). The molecule has 4 heteroatoms. The lowest BCUT2D eigenvalue weighted by molar-refractivity contribution is 0.454. The van der Waals surface area contributed by atoms with Gasteiger partial charge in [-0.05, 0) is 43.9 Å². The van der Waals surface area contributed by atoms with E-state index in [1.807, 2.05) is 6.92 Å². The summed E-state index contributed by atoms with van der Waals surface area (Å²) in [6, 6.07) is 4.76. The number of halogens is 2. The fourth-order valence-electron chi connectivity index (χ4n) is 3.06. The molecule has 0 bridgehead atoms. The highest BCUT2D eigenvalue weighted by molar-refractivity contribution is 6.20. The molecule has 19 heavy (non-hydrogen) atoms. The summed E-state index contributed by atoms with van der Waals surface area (Å²) < 4.78 is 15.6. The van der Waals surface area contributed by atoms with Crippen molar-refractivity contribution < 1.29 is 4.39 Å². The van der Waals surface area contributed by atoms with E-state index in [-0.39, 0.29) is 11.2 Å². The monoisotopic (exact) mass is 280 g/mol. The van der Waals surface area contributed by atoms with Crippen molar-refractivity contribution >= 4 is 22.6 Å². The second-order valence-electron chi connectivity index (χ2n) is 5.48. The molecule has 0 radical (unpaired) electrons. The molecular formula is C15H18ClFN2. The van der Waals surface area contributed by atoms with Gasteiger partial charge in [0.2, 0.25) is 0 Å². The van der Waals surface area contributed by atoms with Gasteiger partial charge in [0, 0.05) is 6.54 Å². The lowest BCUT2D eigenvalue weighted by Gasteiger charge is -2.15. The minimum absolute atomic E-state index is 0.156. The van der Waals surface area contributed by atoms with Crippen molar-refractivity contribution in [3.8, 4) is 0 Å². The van der Waals surface area contributed by atoms with Crippen LogP contribution in [0.1, 0.15) is 43.8 Å². The first-order valence-corrected chi connectivity index (χ1v) is 7.38. The summed E-state index contributed by atoms with van der Waals surface area (Å²) in [5.41, 5.74) is 1.70. The summed E-state index contributed by atoms with van der Waals surface area (Å²) in [5, 5.41) is -0.156. The van der Waals surface area contributed by atoms with Crippen LogP contribution >= 0.6 is 11.6 Å². The van der Waals surface area contributed by atoms with E-state index in [1.54, 1.807) is 12.1 Å². The molecule has 2 nitrogen and oxygen atoms in total. The van der Waals surface area contributed by atoms with E-state index in [9.17, 15) is 4.39 Å². The summed E-state index contributed by atoms with van der Waals surface area (Å²) in [5.74, 6) is 1.32. The number of rotatable bonds is 3. The van der Waals surface area contributed by atoms with E-state index < -0.39 is 0 Å². The second-order valence-corrected chi connectivity index (χ2v) is 6.13. The number of imidazole rings is 1. The number of fused-ring (bicyclic) bond motifs is 1. The largest absolute Gasteiger partial charge is 0.326 e. The Morgan fingerprint density at radius 1 is 1.42 bits per heavy atom. The summed E-state index contributed by atoms with van der Waals surface area (Å²) in [7, 11) is 0. The van der Waals surface area contributed by atoms with E-state index in [0.29, 0.717) is 5.92 Å². The maximum absolute atomic E-state index is 13.5. The van der Waals surface area contributed by atoms with Gasteiger partial charge in [0.15, 0.2) is 0 Å². The SMILES string of the molecule is CC(Cl)c1nc2ccc(F)cc2n1CC1CCCC1. The third kappa shape index (κ3) is 2.48. The van der Waals surface area contributed by atoms with Crippen molar-refractivity contribution in [3.63, 3.8) is 0 Å². The van der Waals surface area contributed by atoms with Gasteiger partial charge in [-0.3, -0.25) is 0 Å². The Morgan fingerprint density at radius 2 is 2.16 bits per heavy atom. The maximum atomic E-state index is 13.5. The molecule has 1 aliphatic carbocycles. The predicted octanol–water partition coefficient (Wildman–Crippen LogP) is 4.67. The van der Waals surface area contributed by atoms with Crippen LogP contribution in [-0.4, -0.2) is 9.55 Å². The molecular weight excluding hydrogens is 263 g/mol. The van der Waals surface area contributed by atoms with E-state index in [2.05, 4.69) is 9.55 Å². The molecule has 1 aromatic carbocycles. The molecule has 0 saturated heterocycles. The van der Waals surface area contributed by atoms with Crippen molar-refractivity contribution in [1.29, 1.82) is 0 Å². The summed E-state index contributed by atoms with van der Waals surface area (Å²) in [6.45, 7) is 2.83. The fraction of sp³-hybridized carbons (Fsp3) is 0.533. The summed E-state index contributed by atoms with van der Waals surface area (Å²) in [4.78, 5) is 4.56. The van der Waals surface area contributed by atoms with Gasteiger partial charge in [-0.2, -0.15) is 0 Å². The Bertz CT molecular complexity index is 585. The first kappa shape index (κ1) is 12.9. The van der Waals surface area contributed by atoms with Crippen LogP contribution in [0, 0.1) is 11.7 Å². The quantitative estimate of drug-likeness (QED) is 0.747. The molecule has 1 aromatic heterocycles. The highest BCUT2D eigenvalue weighted by Gasteiger charge is 2.21. The summed E-state index contributed by atoms with van der Waals surface area (Å²) >= 11 is 6.23. The highest BCUT2D eigenvalue weighted by atomic mass is 35.5. The van der Waals surface area contributed by atoms with E-state index in [0.717, 1.165) is 23.4 Å². The van der Waals surface area contributed by atoms with E-state index in [1.165, 1.54) is 31.7 Å². The van der Waals surface area contributed by atoms with Crippen LogP contribution in [-0.2, 0) is 6.54 Å². The Kier molecular flexibility index (Phi) is 3.48. The molecule has 2 aromatic rings. The third-order valence-corrected chi connectivity index (χ3v) is 4.21. The number of hydrogen-bond acceptors (Lipinski definition) is 1. The van der Waals surface area contributed by atoms with Crippen LogP contribution in [0.2, 0.25) is 0 Å². The Balaban J connectivity index is 2.06. The maximum Gasteiger partial charge on any atom is 0.127 e. The number of alkyl halides is 1. The standard InChI is InChI=1S/C15H18ClFN2/c1-10(16)15-18-13-7-6-12(17)8-14(13)19(15)9-11-4-2-3-5-11/h6-8,10-11H,2-5,9H2,1H3. The lowest BCUT2D eigenvalue weighted by Crippen LogP contribution is -2.11. The Morgan fingerprint density at radius 3 is 2.84 bits per heavy atom. The molecule has 1 fully saturated rings. The van der Waals surface area contributed by atoms with Gasteiger partial charge in [0.05, 0.1) is 16.4 Å². The van der Waals surface area contributed by atoms with Crippen molar-refractivity contribution in [3.05, 3.63) is 29.8 Å². The predicted molar refractivity (Wildman–Crippen MR) is 75.9 cm³/mol. The molecule has 1 heterocycles. The van der Waals surface area contributed by atoms with Gasteiger partial charge in [-0.1, -0.05) is 12.8 Å². The van der Waals surface area contributed by atoms with Gasteiger partial charge in [-0.15, -0.1) is 11.6 Å². The average Bonchev–Trinajstić information content (AvgIpc) is 2.98. The van der Waals surface area contributed by atoms with Crippen molar-refractivity contribution in [2.45, 2.75) is 44.5 Å². The van der Waals surface area contributed by atoms with Gasteiger partial charge in [0.1, 0.15) is 11.6 Å². The molecule has 0 N–H and O–H groups in total. The molecule has 1 unspecified atom stereocenters. The van der Waals surface area contributed by atoms with Crippen molar-refractivity contribution in [2.75, 3.05) is 0 Å². The zero-order chi connectivity index (χ0) is 13.4. The molecule has 1 aliphatic rings. The topological polar surface area (TPSA) is 17.8 Å². The van der Waals surface area contributed by atoms with Gasteiger partial charge >= 0.3 is 0 Å². The van der Waals surface area contributed by atoms with Crippen LogP contribution in [0.3, 0.4) is 0 Å². The van der Waals surface area contributed by atoms with Gasteiger partial charge < -0.3 is 4.57 Å². The zero-order valence-electron chi connectivity index (χ0n) is 11.1. The number of hydrogen-bond donors (Lipinski definition) is 0.